The fourth-order valence-electron chi connectivity index (χ4n) is 3.02. The fraction of sp³-hybridized carbons (Fsp3) is 0.727. The average molecular weight is 319 g/mol. The Morgan fingerprint density at radius 2 is 1.17 bits per heavy atom. The van der Waals surface area contributed by atoms with E-state index < -0.39 is 0 Å². The second-order valence-electron chi connectivity index (χ2n) is 6.81. The molecule has 0 saturated carbocycles. The van der Waals surface area contributed by atoms with Crippen LogP contribution in [0, 0.1) is 0 Å². The number of hydrogen-bond donors (Lipinski definition) is 0. The highest BCUT2D eigenvalue weighted by Gasteiger charge is 2.03. The molecule has 0 heterocycles. The predicted molar refractivity (Wildman–Crippen MR) is 102 cm³/mol. The second-order valence-corrected chi connectivity index (χ2v) is 6.81. The molecule has 1 heteroatoms. The van der Waals surface area contributed by atoms with Gasteiger partial charge < -0.3 is 4.74 Å². The minimum absolute atomic E-state index is 0.226. The summed E-state index contributed by atoms with van der Waals surface area (Å²) < 4.78 is 5.92. The van der Waals surface area contributed by atoms with Gasteiger partial charge in [0.15, 0.2) is 0 Å². The van der Waals surface area contributed by atoms with Gasteiger partial charge in [0.1, 0.15) is 0 Å². The zero-order valence-corrected chi connectivity index (χ0v) is 15.6. The monoisotopic (exact) mass is 318 g/mol. The third kappa shape index (κ3) is 11.4. The molecule has 132 valence electrons. The largest absolute Gasteiger partial charge is 0.374 e. The molecule has 0 aliphatic rings. The van der Waals surface area contributed by atoms with Crippen molar-refractivity contribution in [1.82, 2.24) is 0 Å². The van der Waals surface area contributed by atoms with Crippen molar-refractivity contribution in [1.29, 1.82) is 0 Å². The van der Waals surface area contributed by atoms with Crippen molar-refractivity contribution < 1.29 is 4.74 Å². The molecule has 1 unspecified atom stereocenters. The Kier molecular flexibility index (Phi) is 13.0. The molecule has 1 rings (SSSR count). The second kappa shape index (κ2) is 14.8. The SMILES string of the molecule is CCCCCCCCCCCCCCOC(C)c1ccccc1. The molecule has 1 aromatic carbocycles. The Bertz CT molecular complexity index is 346. The van der Waals surface area contributed by atoms with Crippen molar-refractivity contribution in [3.8, 4) is 0 Å². The molecule has 0 aromatic heterocycles. The summed E-state index contributed by atoms with van der Waals surface area (Å²) in [5.74, 6) is 0. The quantitative estimate of drug-likeness (QED) is 0.305. The summed E-state index contributed by atoms with van der Waals surface area (Å²) in [6.45, 7) is 5.33. The van der Waals surface area contributed by atoms with Gasteiger partial charge in [-0.1, -0.05) is 108 Å². The van der Waals surface area contributed by atoms with Crippen LogP contribution < -0.4 is 0 Å². The number of hydrogen-bond acceptors (Lipinski definition) is 1. The first kappa shape index (κ1) is 20.2. The summed E-state index contributed by atoms with van der Waals surface area (Å²) >= 11 is 0. The van der Waals surface area contributed by atoms with Crippen molar-refractivity contribution in [3.05, 3.63) is 35.9 Å². The minimum atomic E-state index is 0.226. The zero-order chi connectivity index (χ0) is 16.6. The number of benzene rings is 1. The molecule has 0 bridgehead atoms. The van der Waals surface area contributed by atoms with Crippen LogP contribution in [0.2, 0.25) is 0 Å². The lowest BCUT2D eigenvalue weighted by Gasteiger charge is -2.13. The van der Waals surface area contributed by atoms with Gasteiger partial charge in [-0.3, -0.25) is 0 Å². The first-order valence-electron chi connectivity index (χ1n) is 10.0. The van der Waals surface area contributed by atoms with E-state index in [1.165, 1.54) is 82.6 Å². The fourth-order valence-corrected chi connectivity index (χ4v) is 3.02. The molecule has 0 radical (unpaired) electrons. The molecule has 23 heavy (non-hydrogen) atoms. The molecule has 0 N–H and O–H groups in total. The number of unbranched alkanes of at least 4 members (excludes halogenated alkanes) is 11. The smallest absolute Gasteiger partial charge is 0.0796 e. The molecule has 0 saturated heterocycles. The zero-order valence-electron chi connectivity index (χ0n) is 15.6. The lowest BCUT2D eigenvalue weighted by atomic mass is 10.1. The van der Waals surface area contributed by atoms with Crippen LogP contribution in [0.4, 0.5) is 0 Å². The molecule has 0 fully saturated rings. The van der Waals surface area contributed by atoms with Gasteiger partial charge in [0.2, 0.25) is 0 Å². The van der Waals surface area contributed by atoms with Crippen LogP contribution in [0.15, 0.2) is 30.3 Å². The van der Waals surface area contributed by atoms with Crippen molar-refractivity contribution >= 4 is 0 Å². The molecule has 0 aliphatic heterocycles. The molecule has 1 atom stereocenters. The van der Waals surface area contributed by atoms with E-state index in [1.807, 2.05) is 0 Å². The summed E-state index contributed by atoms with van der Waals surface area (Å²) in [5.41, 5.74) is 1.28. The van der Waals surface area contributed by atoms with Gasteiger partial charge >= 0.3 is 0 Å². The Morgan fingerprint density at radius 3 is 1.70 bits per heavy atom. The van der Waals surface area contributed by atoms with Gasteiger partial charge in [-0.2, -0.15) is 0 Å². The van der Waals surface area contributed by atoms with E-state index in [2.05, 4.69) is 44.2 Å². The minimum Gasteiger partial charge on any atom is -0.374 e. The summed E-state index contributed by atoms with van der Waals surface area (Å²) in [6, 6.07) is 10.5. The van der Waals surface area contributed by atoms with Gasteiger partial charge in [-0.05, 0) is 18.9 Å². The molecular formula is C22H38O. The molecule has 1 nitrogen and oxygen atoms in total. The molecule has 0 aliphatic carbocycles. The Hall–Kier alpha value is -0.820. The van der Waals surface area contributed by atoms with Crippen molar-refractivity contribution in [2.24, 2.45) is 0 Å². The highest BCUT2D eigenvalue weighted by molar-refractivity contribution is 5.16. The summed E-state index contributed by atoms with van der Waals surface area (Å²) in [4.78, 5) is 0. The van der Waals surface area contributed by atoms with E-state index in [9.17, 15) is 0 Å². The van der Waals surface area contributed by atoms with E-state index >= 15 is 0 Å². The molecular weight excluding hydrogens is 280 g/mol. The third-order valence-corrected chi connectivity index (χ3v) is 4.63. The van der Waals surface area contributed by atoms with Crippen LogP contribution in [-0.4, -0.2) is 6.61 Å². The van der Waals surface area contributed by atoms with Crippen molar-refractivity contribution in [2.75, 3.05) is 6.61 Å². The average Bonchev–Trinajstić information content (AvgIpc) is 2.59. The lowest BCUT2D eigenvalue weighted by molar-refractivity contribution is 0.0627. The molecule has 0 amide bonds. The normalized spacial score (nSPS) is 12.4. The van der Waals surface area contributed by atoms with Gasteiger partial charge in [0.05, 0.1) is 6.10 Å². The topological polar surface area (TPSA) is 9.23 Å². The van der Waals surface area contributed by atoms with Crippen LogP contribution in [0.5, 0.6) is 0 Å². The van der Waals surface area contributed by atoms with Crippen LogP contribution in [0.1, 0.15) is 103 Å². The van der Waals surface area contributed by atoms with E-state index in [0.29, 0.717) is 0 Å². The van der Waals surface area contributed by atoms with Crippen LogP contribution in [0.25, 0.3) is 0 Å². The van der Waals surface area contributed by atoms with Gasteiger partial charge in [-0.25, -0.2) is 0 Å². The molecule has 1 aromatic rings. The maximum Gasteiger partial charge on any atom is 0.0796 e. The number of ether oxygens (including phenoxy) is 1. The third-order valence-electron chi connectivity index (χ3n) is 4.63. The maximum atomic E-state index is 5.92. The predicted octanol–water partition coefficient (Wildman–Crippen LogP) is 7.47. The summed E-state index contributed by atoms with van der Waals surface area (Å²) in [5, 5.41) is 0. The van der Waals surface area contributed by atoms with E-state index in [4.69, 9.17) is 4.74 Å². The van der Waals surface area contributed by atoms with E-state index in [0.717, 1.165) is 6.61 Å². The first-order valence-corrected chi connectivity index (χ1v) is 10.0. The van der Waals surface area contributed by atoms with Crippen LogP contribution in [-0.2, 0) is 4.74 Å². The molecule has 0 spiro atoms. The summed E-state index contributed by atoms with van der Waals surface area (Å²) in [7, 11) is 0. The maximum absolute atomic E-state index is 5.92. The first-order chi connectivity index (χ1) is 11.3. The van der Waals surface area contributed by atoms with Gasteiger partial charge in [0.25, 0.3) is 0 Å². The van der Waals surface area contributed by atoms with Crippen LogP contribution >= 0.6 is 0 Å². The van der Waals surface area contributed by atoms with E-state index in [-0.39, 0.29) is 6.10 Å². The summed E-state index contributed by atoms with van der Waals surface area (Å²) in [6.07, 6.45) is 17.0. The van der Waals surface area contributed by atoms with E-state index in [1.54, 1.807) is 0 Å². The Labute approximate surface area is 144 Å². The van der Waals surface area contributed by atoms with Crippen LogP contribution in [0.3, 0.4) is 0 Å². The van der Waals surface area contributed by atoms with Crippen molar-refractivity contribution in [3.63, 3.8) is 0 Å². The van der Waals surface area contributed by atoms with Gasteiger partial charge in [0, 0.05) is 6.61 Å². The van der Waals surface area contributed by atoms with Crippen molar-refractivity contribution in [2.45, 2.75) is 97.0 Å². The highest BCUT2D eigenvalue weighted by Crippen LogP contribution is 2.17. The lowest BCUT2D eigenvalue weighted by Crippen LogP contribution is -2.01. The Morgan fingerprint density at radius 1 is 0.696 bits per heavy atom. The van der Waals surface area contributed by atoms with Gasteiger partial charge in [-0.15, -0.1) is 0 Å². The highest BCUT2D eigenvalue weighted by atomic mass is 16.5. The number of rotatable bonds is 15. The Balaban J connectivity index is 1.81. The standard InChI is InChI=1S/C22H38O/c1-3-4-5-6-7-8-9-10-11-12-13-17-20-23-21(2)22-18-15-14-16-19-22/h14-16,18-19,21H,3-13,17,20H2,1-2H3.